The summed E-state index contributed by atoms with van der Waals surface area (Å²) in [6.07, 6.45) is 1.22. The maximum atomic E-state index is 11.9. The third-order valence-corrected chi connectivity index (χ3v) is 2.14. The molecule has 1 rings (SSSR count). The lowest BCUT2D eigenvalue weighted by Gasteiger charge is -2.23. The summed E-state index contributed by atoms with van der Waals surface area (Å²) >= 11 is 3.15. The van der Waals surface area contributed by atoms with Crippen molar-refractivity contribution in [3.8, 4) is 0 Å². The first kappa shape index (κ1) is 4.57. The molecule has 0 nitrogen and oxygen atoms in total. The topological polar surface area (TPSA) is 0 Å². The van der Waals surface area contributed by atoms with Gasteiger partial charge in [-0.05, 0) is 12.8 Å². The second-order valence-electron chi connectivity index (χ2n) is 1.61. The summed E-state index contributed by atoms with van der Waals surface area (Å²) < 4.78 is 11.9. The molecule has 0 radical (unpaired) electrons. The van der Waals surface area contributed by atoms with Crippen LogP contribution in [0.5, 0.6) is 0 Å². The summed E-state index contributed by atoms with van der Waals surface area (Å²) in [5.74, 6) is 0. The minimum absolute atomic E-state index is 0.178. The third-order valence-electron chi connectivity index (χ3n) is 1.11. The number of rotatable bonds is 0. The highest BCUT2D eigenvalue weighted by molar-refractivity contribution is 9.09. The Morgan fingerprint density at radius 3 is 2.00 bits per heavy atom. The molecule has 1 aliphatic carbocycles. The summed E-state index contributed by atoms with van der Waals surface area (Å²) in [6, 6.07) is 0. The minimum atomic E-state index is -0.551. The molecule has 1 aliphatic rings. The van der Waals surface area contributed by atoms with Crippen LogP contribution in [0.25, 0.3) is 0 Å². The van der Waals surface area contributed by atoms with Gasteiger partial charge >= 0.3 is 0 Å². The standard InChI is InChI=1S/C4H6BrF/c5-3-1-2-4(3)6/h3-4H,1-2H2/t3?,4-/m1/s1. The van der Waals surface area contributed by atoms with E-state index in [4.69, 9.17) is 0 Å². The van der Waals surface area contributed by atoms with Crippen LogP contribution in [0.3, 0.4) is 0 Å². The number of alkyl halides is 2. The molecule has 6 heavy (non-hydrogen) atoms. The largest absolute Gasteiger partial charge is 0.246 e. The van der Waals surface area contributed by atoms with Crippen molar-refractivity contribution in [2.75, 3.05) is 0 Å². The molecule has 0 aromatic carbocycles. The molecule has 1 unspecified atom stereocenters. The van der Waals surface area contributed by atoms with Crippen LogP contribution >= 0.6 is 15.9 Å². The van der Waals surface area contributed by atoms with Gasteiger partial charge in [-0.2, -0.15) is 0 Å². The van der Waals surface area contributed by atoms with E-state index in [1.807, 2.05) is 0 Å². The molecule has 0 aromatic rings. The van der Waals surface area contributed by atoms with Crippen LogP contribution in [0.15, 0.2) is 0 Å². The Hall–Kier alpha value is 0.410. The molecule has 36 valence electrons. The lowest BCUT2D eigenvalue weighted by Crippen LogP contribution is -2.26. The minimum Gasteiger partial charge on any atom is -0.246 e. The monoisotopic (exact) mass is 152 g/mol. The SMILES string of the molecule is F[C@@H]1CCC1Br. The van der Waals surface area contributed by atoms with Gasteiger partial charge < -0.3 is 0 Å². The predicted molar refractivity (Wildman–Crippen MR) is 26.8 cm³/mol. The molecular formula is C4H6BrF. The van der Waals surface area contributed by atoms with Gasteiger partial charge in [0.1, 0.15) is 6.17 Å². The average Bonchev–Trinajstić information content (AvgIpc) is 1.61. The van der Waals surface area contributed by atoms with Crippen LogP contribution in [-0.4, -0.2) is 11.0 Å². The van der Waals surface area contributed by atoms with E-state index in [0.29, 0.717) is 0 Å². The van der Waals surface area contributed by atoms with Crippen molar-refractivity contribution >= 4 is 15.9 Å². The predicted octanol–water partition coefficient (Wildman–Crippen LogP) is 1.88. The third kappa shape index (κ3) is 0.579. The van der Waals surface area contributed by atoms with E-state index in [-0.39, 0.29) is 4.83 Å². The molecule has 0 aliphatic heterocycles. The van der Waals surface area contributed by atoms with E-state index in [1.165, 1.54) is 0 Å². The van der Waals surface area contributed by atoms with E-state index < -0.39 is 6.17 Å². The normalized spacial score (nSPS) is 45.0. The first-order valence-electron chi connectivity index (χ1n) is 2.09. The lowest BCUT2D eigenvalue weighted by atomic mass is 9.98. The van der Waals surface area contributed by atoms with Gasteiger partial charge in [0.25, 0.3) is 0 Å². The summed E-state index contributed by atoms with van der Waals surface area (Å²) in [4.78, 5) is 0.178. The molecule has 2 atom stereocenters. The number of hydrogen-bond donors (Lipinski definition) is 0. The summed E-state index contributed by atoms with van der Waals surface area (Å²) in [5, 5.41) is 0. The molecule has 0 heterocycles. The van der Waals surface area contributed by atoms with E-state index >= 15 is 0 Å². The molecule has 0 N–H and O–H groups in total. The van der Waals surface area contributed by atoms with Crippen LogP contribution in [0.1, 0.15) is 12.8 Å². The summed E-state index contributed by atoms with van der Waals surface area (Å²) in [5.41, 5.74) is 0. The highest BCUT2D eigenvalue weighted by Crippen LogP contribution is 2.29. The van der Waals surface area contributed by atoms with E-state index in [2.05, 4.69) is 15.9 Å². The maximum Gasteiger partial charge on any atom is 0.113 e. The molecule has 0 aromatic heterocycles. The van der Waals surface area contributed by atoms with Crippen molar-refractivity contribution < 1.29 is 4.39 Å². The first-order valence-corrected chi connectivity index (χ1v) is 3.00. The Morgan fingerprint density at radius 2 is 2.00 bits per heavy atom. The van der Waals surface area contributed by atoms with Gasteiger partial charge in [-0.1, -0.05) is 15.9 Å². The molecule has 0 bridgehead atoms. The zero-order valence-corrected chi connectivity index (χ0v) is 4.91. The Bertz CT molecular complexity index is 47.5. The Balaban J connectivity index is 2.20. The van der Waals surface area contributed by atoms with Crippen LogP contribution in [0.4, 0.5) is 4.39 Å². The van der Waals surface area contributed by atoms with Crippen molar-refractivity contribution in [1.29, 1.82) is 0 Å². The molecule has 0 saturated heterocycles. The fraction of sp³-hybridized carbons (Fsp3) is 1.00. The Labute approximate surface area is 44.9 Å². The molecule has 1 fully saturated rings. The molecule has 0 spiro atoms. The lowest BCUT2D eigenvalue weighted by molar-refractivity contribution is 0.226. The highest BCUT2D eigenvalue weighted by Gasteiger charge is 2.27. The van der Waals surface area contributed by atoms with Crippen molar-refractivity contribution in [2.45, 2.75) is 23.8 Å². The second kappa shape index (κ2) is 1.49. The molecule has 0 amide bonds. The summed E-state index contributed by atoms with van der Waals surface area (Å²) in [6.45, 7) is 0. The molecule has 1 saturated carbocycles. The smallest absolute Gasteiger partial charge is 0.113 e. The zero-order valence-electron chi connectivity index (χ0n) is 3.32. The highest BCUT2D eigenvalue weighted by atomic mass is 79.9. The van der Waals surface area contributed by atoms with E-state index in [0.717, 1.165) is 12.8 Å². The van der Waals surface area contributed by atoms with Gasteiger partial charge in [-0.25, -0.2) is 4.39 Å². The van der Waals surface area contributed by atoms with Crippen molar-refractivity contribution in [3.05, 3.63) is 0 Å². The fourth-order valence-corrected chi connectivity index (χ4v) is 0.947. The quantitative estimate of drug-likeness (QED) is 0.466. The second-order valence-corrected chi connectivity index (χ2v) is 2.79. The van der Waals surface area contributed by atoms with Gasteiger partial charge in [-0.15, -0.1) is 0 Å². The maximum absolute atomic E-state index is 11.9. The Kier molecular flexibility index (Phi) is 1.13. The van der Waals surface area contributed by atoms with Gasteiger partial charge in [0.2, 0.25) is 0 Å². The zero-order chi connectivity index (χ0) is 4.57. The fourth-order valence-electron chi connectivity index (χ4n) is 0.419. The molecule has 2 heteroatoms. The van der Waals surface area contributed by atoms with Gasteiger partial charge in [0.05, 0.1) is 0 Å². The number of halogens is 2. The van der Waals surface area contributed by atoms with Gasteiger partial charge in [0, 0.05) is 4.83 Å². The van der Waals surface area contributed by atoms with Crippen LogP contribution < -0.4 is 0 Å². The number of hydrogen-bond acceptors (Lipinski definition) is 0. The van der Waals surface area contributed by atoms with Crippen LogP contribution in [0, 0.1) is 0 Å². The van der Waals surface area contributed by atoms with Crippen molar-refractivity contribution in [2.24, 2.45) is 0 Å². The van der Waals surface area contributed by atoms with Crippen molar-refractivity contribution in [3.63, 3.8) is 0 Å². The summed E-state index contributed by atoms with van der Waals surface area (Å²) in [7, 11) is 0. The van der Waals surface area contributed by atoms with Gasteiger partial charge in [0.15, 0.2) is 0 Å². The van der Waals surface area contributed by atoms with Crippen LogP contribution in [-0.2, 0) is 0 Å². The first-order chi connectivity index (χ1) is 2.80. The van der Waals surface area contributed by atoms with Crippen molar-refractivity contribution in [1.82, 2.24) is 0 Å². The van der Waals surface area contributed by atoms with E-state index in [9.17, 15) is 4.39 Å². The average molecular weight is 153 g/mol. The Morgan fingerprint density at radius 1 is 1.50 bits per heavy atom. The van der Waals surface area contributed by atoms with Gasteiger partial charge in [-0.3, -0.25) is 0 Å². The van der Waals surface area contributed by atoms with E-state index in [1.54, 1.807) is 0 Å². The molecular weight excluding hydrogens is 147 g/mol. The van der Waals surface area contributed by atoms with Crippen LogP contribution in [0.2, 0.25) is 0 Å².